The lowest BCUT2D eigenvalue weighted by atomic mass is 10.0. The normalized spacial score (nSPS) is 21.1. The van der Waals surface area contributed by atoms with E-state index in [0.29, 0.717) is 24.4 Å². The minimum Gasteiger partial charge on any atom is -0.366 e. The summed E-state index contributed by atoms with van der Waals surface area (Å²) >= 11 is 1.42. The van der Waals surface area contributed by atoms with E-state index in [9.17, 15) is 14.4 Å². The molecule has 1 aromatic heterocycles. The van der Waals surface area contributed by atoms with E-state index < -0.39 is 6.04 Å². The van der Waals surface area contributed by atoms with Gasteiger partial charge in [-0.15, -0.1) is 11.3 Å². The quantitative estimate of drug-likeness (QED) is 0.803. The molecule has 22 heavy (non-hydrogen) atoms. The van der Waals surface area contributed by atoms with Crippen molar-refractivity contribution in [1.29, 1.82) is 0 Å². The van der Waals surface area contributed by atoms with Crippen molar-refractivity contribution in [3.8, 4) is 0 Å². The smallest absolute Gasteiger partial charge is 0.268 e. The number of hydrogen-bond donors (Lipinski definition) is 1. The van der Waals surface area contributed by atoms with E-state index in [0.717, 1.165) is 15.5 Å². The van der Waals surface area contributed by atoms with Gasteiger partial charge in [0.2, 0.25) is 5.91 Å². The van der Waals surface area contributed by atoms with Crippen LogP contribution in [0.1, 0.15) is 41.2 Å². The molecule has 1 unspecified atom stereocenters. The molecule has 1 saturated heterocycles. The van der Waals surface area contributed by atoms with Gasteiger partial charge < -0.3 is 10.2 Å². The van der Waals surface area contributed by atoms with Crippen LogP contribution in [0.5, 0.6) is 0 Å². The van der Waals surface area contributed by atoms with Crippen LogP contribution in [-0.2, 0) is 9.59 Å². The molecular formula is C15H21N3O3S. The zero-order valence-corrected chi connectivity index (χ0v) is 14.1. The maximum atomic E-state index is 12.5. The second-order valence-electron chi connectivity index (χ2n) is 5.06. The highest BCUT2D eigenvalue weighted by Crippen LogP contribution is 2.32. The molecule has 2 aliphatic heterocycles. The van der Waals surface area contributed by atoms with E-state index in [1.54, 1.807) is 0 Å². The minimum atomic E-state index is -0.548. The molecule has 1 fully saturated rings. The first-order valence-electron chi connectivity index (χ1n) is 7.44. The van der Waals surface area contributed by atoms with Gasteiger partial charge in [0.15, 0.2) is 0 Å². The van der Waals surface area contributed by atoms with E-state index >= 15 is 0 Å². The third-order valence-corrected chi connectivity index (χ3v) is 4.79. The number of aryl methyl sites for hydroxylation is 1. The molecule has 1 N–H and O–H groups in total. The van der Waals surface area contributed by atoms with Crippen LogP contribution in [0, 0.1) is 6.92 Å². The molecule has 0 spiro atoms. The van der Waals surface area contributed by atoms with Crippen molar-refractivity contribution in [3.05, 3.63) is 15.8 Å². The van der Waals surface area contributed by atoms with E-state index in [-0.39, 0.29) is 17.7 Å². The Morgan fingerprint density at radius 1 is 1.27 bits per heavy atom. The van der Waals surface area contributed by atoms with Gasteiger partial charge in [0, 0.05) is 18.3 Å². The molecule has 120 valence electrons. The second-order valence-corrected chi connectivity index (χ2v) is 6.31. The van der Waals surface area contributed by atoms with Gasteiger partial charge >= 0.3 is 0 Å². The SMILES string of the molecule is CC.Cc1cc2c(s1)C(=O)N(C1CCC(=O)N(C)C1=O)CN2. The minimum absolute atomic E-state index is 0.127. The molecule has 0 bridgehead atoms. The number of fused-ring (bicyclic) bond motifs is 1. The first-order chi connectivity index (χ1) is 10.5. The van der Waals surface area contributed by atoms with Crippen molar-refractivity contribution in [3.63, 3.8) is 0 Å². The summed E-state index contributed by atoms with van der Waals surface area (Å²) in [4.78, 5) is 40.5. The Morgan fingerprint density at radius 3 is 2.64 bits per heavy atom. The number of likely N-dealkylation sites (tertiary alicyclic amines) is 1. The maximum absolute atomic E-state index is 12.5. The number of nitrogens with one attached hydrogen (secondary N) is 1. The largest absolute Gasteiger partial charge is 0.366 e. The van der Waals surface area contributed by atoms with E-state index in [1.165, 1.54) is 23.3 Å². The monoisotopic (exact) mass is 323 g/mol. The molecule has 3 amide bonds. The van der Waals surface area contributed by atoms with Crippen molar-refractivity contribution in [2.45, 2.75) is 39.7 Å². The Balaban J connectivity index is 0.000000847. The number of rotatable bonds is 1. The number of nitrogens with zero attached hydrogens (tertiary/aromatic N) is 2. The molecule has 3 rings (SSSR count). The average Bonchev–Trinajstić information content (AvgIpc) is 2.90. The van der Waals surface area contributed by atoms with Gasteiger partial charge in [-0.3, -0.25) is 19.3 Å². The lowest BCUT2D eigenvalue weighted by Crippen LogP contribution is -2.56. The number of likely N-dealkylation sites (N-methyl/N-ethyl adjacent to an activating group) is 1. The summed E-state index contributed by atoms with van der Waals surface area (Å²) in [6.45, 7) is 6.25. The van der Waals surface area contributed by atoms with Gasteiger partial charge in [-0.05, 0) is 19.4 Å². The fourth-order valence-electron chi connectivity index (χ4n) is 2.62. The maximum Gasteiger partial charge on any atom is 0.268 e. The molecule has 7 heteroatoms. The molecular weight excluding hydrogens is 302 g/mol. The Bertz CT molecular complexity index is 611. The van der Waals surface area contributed by atoms with Crippen LogP contribution >= 0.6 is 11.3 Å². The number of imide groups is 1. The molecule has 0 radical (unpaired) electrons. The fourth-order valence-corrected chi connectivity index (χ4v) is 3.56. The summed E-state index contributed by atoms with van der Waals surface area (Å²) in [7, 11) is 1.47. The number of anilines is 1. The number of hydrogen-bond acceptors (Lipinski definition) is 5. The molecule has 1 aromatic rings. The van der Waals surface area contributed by atoms with Crippen LogP contribution in [0.3, 0.4) is 0 Å². The van der Waals surface area contributed by atoms with Gasteiger partial charge in [-0.1, -0.05) is 13.8 Å². The van der Waals surface area contributed by atoms with Crippen molar-refractivity contribution in [1.82, 2.24) is 9.80 Å². The van der Waals surface area contributed by atoms with Gasteiger partial charge in [0.1, 0.15) is 10.9 Å². The predicted molar refractivity (Wildman–Crippen MR) is 85.9 cm³/mol. The average molecular weight is 323 g/mol. The topological polar surface area (TPSA) is 69.7 Å². The van der Waals surface area contributed by atoms with Crippen LogP contribution in [-0.4, -0.2) is 47.3 Å². The molecule has 2 aliphatic rings. The summed E-state index contributed by atoms with van der Waals surface area (Å²) < 4.78 is 0. The number of carbonyl (C=O) groups excluding carboxylic acids is 3. The predicted octanol–water partition coefficient (Wildman–Crippen LogP) is 2.06. The first kappa shape index (κ1) is 16.5. The number of thiophene rings is 1. The highest BCUT2D eigenvalue weighted by Gasteiger charge is 2.40. The molecule has 1 atom stereocenters. The van der Waals surface area contributed by atoms with Crippen LogP contribution in [0.25, 0.3) is 0 Å². The van der Waals surface area contributed by atoms with Crippen molar-refractivity contribution >= 4 is 34.7 Å². The van der Waals surface area contributed by atoms with E-state index in [1.807, 2.05) is 26.8 Å². The van der Waals surface area contributed by atoms with Crippen molar-refractivity contribution < 1.29 is 14.4 Å². The van der Waals surface area contributed by atoms with Crippen molar-refractivity contribution in [2.75, 3.05) is 19.0 Å². The molecule has 6 nitrogen and oxygen atoms in total. The Morgan fingerprint density at radius 2 is 1.95 bits per heavy atom. The zero-order chi connectivity index (χ0) is 16.4. The summed E-state index contributed by atoms with van der Waals surface area (Å²) in [5.74, 6) is -0.609. The van der Waals surface area contributed by atoms with Gasteiger partial charge in [-0.2, -0.15) is 0 Å². The summed E-state index contributed by atoms with van der Waals surface area (Å²) in [6, 6.07) is 1.39. The van der Waals surface area contributed by atoms with Gasteiger partial charge in [0.05, 0.1) is 12.4 Å². The highest BCUT2D eigenvalue weighted by molar-refractivity contribution is 7.14. The lowest BCUT2D eigenvalue weighted by Gasteiger charge is -2.38. The zero-order valence-electron chi connectivity index (χ0n) is 13.3. The van der Waals surface area contributed by atoms with Crippen LogP contribution in [0.2, 0.25) is 0 Å². The Hall–Kier alpha value is -1.89. The second kappa shape index (κ2) is 6.48. The highest BCUT2D eigenvalue weighted by atomic mass is 32.1. The fraction of sp³-hybridized carbons (Fsp3) is 0.533. The third kappa shape index (κ3) is 2.72. The molecule has 0 aliphatic carbocycles. The van der Waals surface area contributed by atoms with Crippen LogP contribution in [0.15, 0.2) is 6.07 Å². The molecule has 0 aromatic carbocycles. The lowest BCUT2D eigenvalue weighted by molar-refractivity contribution is -0.150. The summed E-state index contributed by atoms with van der Waals surface area (Å²) in [6.07, 6.45) is 0.697. The molecule has 3 heterocycles. The first-order valence-corrected chi connectivity index (χ1v) is 8.26. The summed E-state index contributed by atoms with van der Waals surface area (Å²) in [5.41, 5.74) is 0.835. The Kier molecular flexibility index (Phi) is 4.85. The van der Waals surface area contributed by atoms with E-state index in [4.69, 9.17) is 0 Å². The number of piperidine rings is 1. The van der Waals surface area contributed by atoms with Gasteiger partial charge in [-0.25, -0.2) is 0 Å². The van der Waals surface area contributed by atoms with Crippen LogP contribution < -0.4 is 5.32 Å². The van der Waals surface area contributed by atoms with Crippen molar-refractivity contribution in [2.24, 2.45) is 0 Å². The third-order valence-electron chi connectivity index (χ3n) is 3.75. The number of amides is 3. The number of carbonyl (C=O) groups is 3. The van der Waals surface area contributed by atoms with E-state index in [2.05, 4.69) is 5.32 Å². The summed E-state index contributed by atoms with van der Waals surface area (Å²) in [5, 5.41) is 3.17. The Labute approximate surface area is 134 Å². The van der Waals surface area contributed by atoms with Crippen LogP contribution in [0.4, 0.5) is 5.69 Å². The van der Waals surface area contributed by atoms with Gasteiger partial charge in [0.25, 0.3) is 11.8 Å². The standard InChI is InChI=1S/C13H15N3O3S.C2H6/c1-7-5-8-11(20-7)13(19)16(6-14-8)9-3-4-10(17)15(2)12(9)18;1-2/h5,9,14H,3-4,6H2,1-2H3;1-2H3. The molecule has 0 saturated carbocycles.